The highest BCUT2D eigenvalue weighted by Gasteiger charge is 2.24. The van der Waals surface area contributed by atoms with Gasteiger partial charge in [0, 0.05) is 38.8 Å². The van der Waals surface area contributed by atoms with Crippen LogP contribution in [0.4, 0.5) is 5.82 Å². The molecular formula is C16H26N4O2. The summed E-state index contributed by atoms with van der Waals surface area (Å²) in [5.74, 6) is 2.37. The maximum absolute atomic E-state index is 5.49. The van der Waals surface area contributed by atoms with Gasteiger partial charge in [-0.25, -0.2) is 9.97 Å². The minimum absolute atomic E-state index is 0.635. The molecule has 6 nitrogen and oxygen atoms in total. The van der Waals surface area contributed by atoms with Crippen molar-refractivity contribution in [2.75, 3.05) is 57.4 Å². The van der Waals surface area contributed by atoms with Crippen LogP contribution >= 0.6 is 0 Å². The number of hydrogen-bond acceptors (Lipinski definition) is 6. The van der Waals surface area contributed by atoms with Gasteiger partial charge in [0.05, 0.1) is 19.8 Å². The van der Waals surface area contributed by atoms with E-state index in [0.717, 1.165) is 45.2 Å². The van der Waals surface area contributed by atoms with Crippen molar-refractivity contribution in [2.45, 2.75) is 19.8 Å². The van der Waals surface area contributed by atoms with Gasteiger partial charge >= 0.3 is 0 Å². The largest absolute Gasteiger partial charge is 0.478 e. The van der Waals surface area contributed by atoms with Crippen molar-refractivity contribution in [3.63, 3.8) is 0 Å². The summed E-state index contributed by atoms with van der Waals surface area (Å²) in [5.41, 5.74) is 0. The molecule has 2 aliphatic heterocycles. The summed E-state index contributed by atoms with van der Waals surface area (Å²) in [4.78, 5) is 13.5. The van der Waals surface area contributed by atoms with Crippen LogP contribution in [0.2, 0.25) is 0 Å². The number of morpholine rings is 1. The molecule has 0 bridgehead atoms. The average Bonchev–Trinajstić information content (AvgIpc) is 2.57. The van der Waals surface area contributed by atoms with Crippen molar-refractivity contribution in [2.24, 2.45) is 5.92 Å². The molecule has 0 unspecified atom stereocenters. The Balaban J connectivity index is 1.58. The zero-order chi connectivity index (χ0) is 15.2. The fourth-order valence-corrected chi connectivity index (χ4v) is 3.30. The smallest absolute Gasteiger partial charge is 0.218 e. The normalized spacial score (nSPS) is 23.5. The maximum Gasteiger partial charge on any atom is 0.218 e. The molecular weight excluding hydrogens is 280 g/mol. The van der Waals surface area contributed by atoms with Crippen LogP contribution in [0.15, 0.2) is 12.4 Å². The predicted molar refractivity (Wildman–Crippen MR) is 85.4 cm³/mol. The summed E-state index contributed by atoms with van der Waals surface area (Å²) in [7, 11) is 0. The van der Waals surface area contributed by atoms with E-state index in [1.807, 2.05) is 13.0 Å². The van der Waals surface area contributed by atoms with E-state index in [4.69, 9.17) is 9.47 Å². The summed E-state index contributed by atoms with van der Waals surface area (Å²) < 4.78 is 10.9. The molecule has 22 heavy (non-hydrogen) atoms. The molecule has 0 radical (unpaired) electrons. The van der Waals surface area contributed by atoms with Gasteiger partial charge in [0.25, 0.3) is 0 Å². The molecule has 0 amide bonds. The molecule has 0 aromatic carbocycles. The quantitative estimate of drug-likeness (QED) is 0.820. The molecule has 2 aliphatic rings. The number of ether oxygens (including phenoxy) is 2. The lowest BCUT2D eigenvalue weighted by atomic mass is 9.97. The number of nitrogens with zero attached hydrogens (tertiary/aromatic N) is 4. The van der Waals surface area contributed by atoms with Gasteiger partial charge in [-0.15, -0.1) is 0 Å². The van der Waals surface area contributed by atoms with Gasteiger partial charge in [-0.05, 0) is 25.7 Å². The molecule has 3 heterocycles. The minimum Gasteiger partial charge on any atom is -0.478 e. The van der Waals surface area contributed by atoms with E-state index in [2.05, 4.69) is 19.8 Å². The lowest BCUT2D eigenvalue weighted by Gasteiger charge is -2.37. The van der Waals surface area contributed by atoms with Crippen LogP contribution in [0.1, 0.15) is 19.8 Å². The Labute approximate surface area is 132 Å². The lowest BCUT2D eigenvalue weighted by Crippen LogP contribution is -2.44. The third kappa shape index (κ3) is 4.08. The second kappa shape index (κ2) is 7.74. The summed E-state index contributed by atoms with van der Waals surface area (Å²) in [6.07, 6.45) is 4.13. The number of piperidine rings is 1. The fraction of sp³-hybridized carbons (Fsp3) is 0.750. The summed E-state index contributed by atoms with van der Waals surface area (Å²) in [6, 6.07) is 1.96. The summed E-state index contributed by atoms with van der Waals surface area (Å²) >= 11 is 0. The maximum atomic E-state index is 5.49. The van der Waals surface area contributed by atoms with Gasteiger partial charge in [0.2, 0.25) is 5.88 Å². The van der Waals surface area contributed by atoms with Gasteiger partial charge in [-0.3, -0.25) is 4.90 Å². The molecule has 0 spiro atoms. The number of aromatic nitrogens is 2. The van der Waals surface area contributed by atoms with Crippen molar-refractivity contribution in [3.8, 4) is 5.88 Å². The van der Waals surface area contributed by atoms with Crippen molar-refractivity contribution < 1.29 is 9.47 Å². The zero-order valence-corrected chi connectivity index (χ0v) is 13.4. The monoisotopic (exact) mass is 306 g/mol. The molecule has 3 rings (SSSR count). The van der Waals surface area contributed by atoms with E-state index in [-0.39, 0.29) is 0 Å². The van der Waals surface area contributed by atoms with Crippen LogP contribution in [-0.2, 0) is 4.74 Å². The number of anilines is 1. The summed E-state index contributed by atoms with van der Waals surface area (Å²) in [5, 5.41) is 0. The molecule has 1 aromatic rings. The standard InChI is InChI=1S/C16H26N4O2/c1-2-22-16-10-15(17-13-18-16)20-5-3-4-14(12-20)11-19-6-8-21-9-7-19/h10,13-14H,2-9,11-12H2,1H3/t14-/m0/s1. The van der Waals surface area contributed by atoms with Gasteiger partial charge in [-0.2, -0.15) is 0 Å². The van der Waals surface area contributed by atoms with Crippen molar-refractivity contribution >= 4 is 5.82 Å². The molecule has 0 N–H and O–H groups in total. The Hall–Kier alpha value is -1.40. The second-order valence-electron chi connectivity index (χ2n) is 6.01. The molecule has 2 saturated heterocycles. The van der Waals surface area contributed by atoms with E-state index < -0.39 is 0 Å². The summed E-state index contributed by atoms with van der Waals surface area (Å²) in [6.45, 7) is 9.81. The highest BCUT2D eigenvalue weighted by molar-refractivity contribution is 5.41. The van der Waals surface area contributed by atoms with Crippen molar-refractivity contribution in [3.05, 3.63) is 12.4 Å². The first-order valence-corrected chi connectivity index (χ1v) is 8.35. The van der Waals surface area contributed by atoms with Gasteiger partial charge in [0.15, 0.2) is 0 Å². The first-order chi connectivity index (χ1) is 10.8. The molecule has 1 aromatic heterocycles. The SMILES string of the molecule is CCOc1cc(N2CCC[C@@H](CN3CCOCC3)C2)ncn1. The molecule has 122 valence electrons. The average molecular weight is 306 g/mol. The van der Waals surface area contributed by atoms with E-state index in [9.17, 15) is 0 Å². The second-order valence-corrected chi connectivity index (χ2v) is 6.01. The molecule has 6 heteroatoms. The van der Waals surface area contributed by atoms with Crippen LogP contribution in [0, 0.1) is 5.92 Å². The molecule has 2 fully saturated rings. The Morgan fingerprint density at radius 3 is 2.95 bits per heavy atom. The van der Waals surface area contributed by atoms with Crippen LogP contribution < -0.4 is 9.64 Å². The first kappa shape index (κ1) is 15.5. The Kier molecular flexibility index (Phi) is 5.45. The Bertz CT molecular complexity index is 465. The third-order valence-electron chi connectivity index (χ3n) is 4.38. The Morgan fingerprint density at radius 2 is 2.14 bits per heavy atom. The van der Waals surface area contributed by atoms with E-state index in [1.165, 1.54) is 19.4 Å². The fourth-order valence-electron chi connectivity index (χ4n) is 3.30. The zero-order valence-electron chi connectivity index (χ0n) is 13.4. The molecule has 1 atom stereocenters. The molecule has 0 saturated carbocycles. The highest BCUT2D eigenvalue weighted by Crippen LogP contribution is 2.24. The van der Waals surface area contributed by atoms with Crippen molar-refractivity contribution in [1.29, 1.82) is 0 Å². The predicted octanol–water partition coefficient (Wildman–Crippen LogP) is 1.42. The first-order valence-electron chi connectivity index (χ1n) is 8.35. The lowest BCUT2D eigenvalue weighted by molar-refractivity contribution is 0.0296. The van der Waals surface area contributed by atoms with Crippen LogP contribution in [0.5, 0.6) is 5.88 Å². The van der Waals surface area contributed by atoms with E-state index in [1.54, 1.807) is 6.33 Å². The minimum atomic E-state index is 0.635. The van der Waals surface area contributed by atoms with E-state index in [0.29, 0.717) is 18.4 Å². The van der Waals surface area contributed by atoms with Crippen LogP contribution in [0.3, 0.4) is 0 Å². The van der Waals surface area contributed by atoms with Gasteiger partial charge in [0.1, 0.15) is 12.1 Å². The molecule has 0 aliphatic carbocycles. The topological polar surface area (TPSA) is 50.7 Å². The van der Waals surface area contributed by atoms with E-state index >= 15 is 0 Å². The van der Waals surface area contributed by atoms with Crippen molar-refractivity contribution in [1.82, 2.24) is 14.9 Å². The van der Waals surface area contributed by atoms with Gasteiger partial charge < -0.3 is 14.4 Å². The number of rotatable bonds is 5. The third-order valence-corrected chi connectivity index (χ3v) is 4.38. The van der Waals surface area contributed by atoms with Gasteiger partial charge in [-0.1, -0.05) is 0 Å². The van der Waals surface area contributed by atoms with Crippen LogP contribution in [0.25, 0.3) is 0 Å². The highest BCUT2D eigenvalue weighted by atomic mass is 16.5. The van der Waals surface area contributed by atoms with Crippen LogP contribution in [-0.4, -0.2) is 67.4 Å². The number of hydrogen-bond donors (Lipinski definition) is 0. The Morgan fingerprint density at radius 1 is 1.27 bits per heavy atom.